The van der Waals surface area contributed by atoms with Crippen molar-refractivity contribution < 1.29 is 8.83 Å². The summed E-state index contributed by atoms with van der Waals surface area (Å²) in [5.74, 6) is 1.70. The van der Waals surface area contributed by atoms with Crippen LogP contribution in [0.3, 0.4) is 0 Å². The van der Waals surface area contributed by atoms with Crippen molar-refractivity contribution in [2.75, 3.05) is 0 Å². The van der Waals surface area contributed by atoms with Crippen LogP contribution in [0.4, 0.5) is 0 Å². The minimum absolute atomic E-state index is 0.505. The Labute approximate surface area is 331 Å². The number of para-hydroxylation sites is 2. The summed E-state index contributed by atoms with van der Waals surface area (Å²) in [6.07, 6.45) is 1.76. The zero-order valence-corrected chi connectivity index (χ0v) is 30.9. The van der Waals surface area contributed by atoms with Gasteiger partial charge in [-0.2, -0.15) is 0 Å². The second-order valence-electron chi connectivity index (χ2n) is 14.6. The fraction of sp³-hybridized carbons (Fsp3) is 0. The van der Waals surface area contributed by atoms with Gasteiger partial charge in [-0.15, -0.1) is 0 Å². The number of furan rings is 2. The molecule has 12 rings (SSSR count). The van der Waals surface area contributed by atoms with Crippen molar-refractivity contribution in [1.82, 2.24) is 19.9 Å². The van der Waals surface area contributed by atoms with E-state index < -0.39 is 0 Å². The molecule has 0 atom stereocenters. The Morgan fingerprint density at radius 3 is 1.71 bits per heavy atom. The summed E-state index contributed by atoms with van der Waals surface area (Å²) in [7, 11) is 0. The molecule has 58 heavy (non-hydrogen) atoms. The minimum atomic E-state index is 0.505. The number of pyridine rings is 1. The first-order valence-corrected chi connectivity index (χ1v) is 19.3. The number of rotatable bonds is 5. The summed E-state index contributed by atoms with van der Waals surface area (Å²) in [4.78, 5) is 20.0. The van der Waals surface area contributed by atoms with Gasteiger partial charge in [0.1, 0.15) is 16.7 Å². The molecular weight excluding hydrogens is 713 g/mol. The van der Waals surface area contributed by atoms with Gasteiger partial charge in [-0.3, -0.25) is 0 Å². The lowest BCUT2D eigenvalue weighted by molar-refractivity contribution is 0.654. The highest BCUT2D eigenvalue weighted by Gasteiger charge is 2.22. The third-order valence-electron chi connectivity index (χ3n) is 11.2. The average Bonchev–Trinajstić information content (AvgIpc) is 3.86. The number of hydrogen-bond donors (Lipinski definition) is 0. The van der Waals surface area contributed by atoms with E-state index in [2.05, 4.69) is 140 Å². The Bertz CT molecular complexity index is 3560. The molecule has 8 aromatic carbocycles. The predicted molar refractivity (Wildman–Crippen MR) is 234 cm³/mol. The Balaban J connectivity index is 1.02. The number of aromatic nitrogens is 4. The predicted octanol–water partition coefficient (Wildman–Crippen LogP) is 13.7. The van der Waals surface area contributed by atoms with Gasteiger partial charge in [-0.05, 0) is 50.9 Å². The van der Waals surface area contributed by atoms with Crippen LogP contribution in [0.5, 0.6) is 0 Å². The minimum Gasteiger partial charge on any atom is -0.455 e. The highest BCUT2D eigenvalue weighted by atomic mass is 16.3. The number of fused-ring (bicyclic) bond motifs is 8. The van der Waals surface area contributed by atoms with Crippen LogP contribution in [-0.4, -0.2) is 19.9 Å². The molecule has 0 aliphatic heterocycles. The fourth-order valence-electron chi connectivity index (χ4n) is 8.43. The Hall–Kier alpha value is -7.96. The van der Waals surface area contributed by atoms with Gasteiger partial charge < -0.3 is 8.83 Å². The lowest BCUT2D eigenvalue weighted by Gasteiger charge is -2.10. The fourth-order valence-corrected chi connectivity index (χ4v) is 8.43. The molecule has 0 radical (unpaired) electrons. The molecule has 0 aliphatic carbocycles. The van der Waals surface area contributed by atoms with E-state index in [1.165, 1.54) is 21.7 Å². The Morgan fingerprint density at radius 2 is 0.914 bits per heavy atom. The van der Waals surface area contributed by atoms with Gasteiger partial charge in [0.2, 0.25) is 5.71 Å². The van der Waals surface area contributed by atoms with Gasteiger partial charge in [-0.25, -0.2) is 19.9 Å². The van der Waals surface area contributed by atoms with Crippen molar-refractivity contribution in [2.24, 2.45) is 0 Å². The lowest BCUT2D eigenvalue weighted by Crippen LogP contribution is -2.00. The number of nitrogens with zero attached hydrogens (tertiary/aromatic N) is 4. The van der Waals surface area contributed by atoms with Gasteiger partial charge in [-0.1, -0.05) is 158 Å². The van der Waals surface area contributed by atoms with Crippen molar-refractivity contribution in [3.8, 4) is 56.4 Å². The molecule has 270 valence electrons. The summed E-state index contributed by atoms with van der Waals surface area (Å²) >= 11 is 0. The van der Waals surface area contributed by atoms with Gasteiger partial charge >= 0.3 is 0 Å². The Kier molecular flexibility index (Phi) is 7.13. The molecule has 12 aromatic rings. The molecule has 6 nitrogen and oxygen atoms in total. The van der Waals surface area contributed by atoms with E-state index in [9.17, 15) is 0 Å². The molecular formula is C52H30N4O2. The van der Waals surface area contributed by atoms with E-state index in [1.54, 1.807) is 6.20 Å². The SMILES string of the molecule is c1ccc(-c2nc(-c3ccc(-c4cccc5ccccc45)cc3)nc(-c3ccnc4oc5c(-c6cccc7c6oc6cc8ccccc8cc67)cccc5c34)n2)cc1. The third kappa shape index (κ3) is 5.12. The van der Waals surface area contributed by atoms with Crippen LogP contribution in [0.25, 0.3) is 122 Å². The summed E-state index contributed by atoms with van der Waals surface area (Å²) < 4.78 is 13.3. The van der Waals surface area contributed by atoms with Gasteiger partial charge in [0.15, 0.2) is 17.5 Å². The molecule has 0 saturated heterocycles. The van der Waals surface area contributed by atoms with Crippen LogP contribution in [0.1, 0.15) is 0 Å². The highest BCUT2D eigenvalue weighted by molar-refractivity contribution is 6.18. The summed E-state index contributed by atoms with van der Waals surface area (Å²) in [5, 5.41) is 8.63. The van der Waals surface area contributed by atoms with Crippen molar-refractivity contribution >= 4 is 65.6 Å². The summed E-state index contributed by atoms with van der Waals surface area (Å²) in [6, 6.07) is 60.6. The smallest absolute Gasteiger partial charge is 0.228 e. The molecule has 0 unspecified atom stereocenters. The normalized spacial score (nSPS) is 11.8. The van der Waals surface area contributed by atoms with Crippen LogP contribution < -0.4 is 0 Å². The zero-order valence-electron chi connectivity index (χ0n) is 30.9. The zero-order chi connectivity index (χ0) is 38.2. The monoisotopic (exact) mass is 742 g/mol. The molecule has 4 aromatic heterocycles. The maximum Gasteiger partial charge on any atom is 0.228 e. The Morgan fingerprint density at radius 1 is 0.345 bits per heavy atom. The van der Waals surface area contributed by atoms with E-state index in [-0.39, 0.29) is 0 Å². The maximum atomic E-state index is 6.68. The highest BCUT2D eigenvalue weighted by Crippen LogP contribution is 2.43. The molecule has 0 spiro atoms. The molecule has 0 N–H and O–H groups in total. The number of hydrogen-bond acceptors (Lipinski definition) is 6. The molecule has 0 amide bonds. The lowest BCUT2D eigenvalue weighted by atomic mass is 9.97. The summed E-state index contributed by atoms with van der Waals surface area (Å²) in [6.45, 7) is 0. The van der Waals surface area contributed by atoms with Crippen LogP contribution in [-0.2, 0) is 0 Å². The van der Waals surface area contributed by atoms with Crippen molar-refractivity contribution in [3.63, 3.8) is 0 Å². The first-order chi connectivity index (χ1) is 28.7. The van der Waals surface area contributed by atoms with E-state index in [0.717, 1.165) is 77.1 Å². The maximum absolute atomic E-state index is 6.68. The molecule has 0 aliphatic rings. The largest absolute Gasteiger partial charge is 0.455 e. The van der Waals surface area contributed by atoms with Gasteiger partial charge in [0, 0.05) is 50.2 Å². The van der Waals surface area contributed by atoms with Crippen LogP contribution >= 0.6 is 0 Å². The average molecular weight is 743 g/mol. The number of benzene rings is 8. The van der Waals surface area contributed by atoms with E-state index in [1.807, 2.05) is 36.4 Å². The van der Waals surface area contributed by atoms with E-state index in [4.69, 9.17) is 28.8 Å². The molecule has 6 heteroatoms. The quantitative estimate of drug-likeness (QED) is 0.175. The van der Waals surface area contributed by atoms with Crippen LogP contribution in [0.2, 0.25) is 0 Å². The first-order valence-electron chi connectivity index (χ1n) is 19.3. The van der Waals surface area contributed by atoms with Crippen molar-refractivity contribution in [2.45, 2.75) is 0 Å². The second kappa shape index (κ2) is 12.8. The molecule has 0 bridgehead atoms. The standard InChI is InChI=1S/C52H30N4O2/c1-2-12-33(13-3-1)49-54-50(34-25-23-32(24-26-34)38-18-8-16-31-11-6-7-17-37(31)38)56-51(55-49)43-27-28-53-52-46(43)42-22-10-20-40(48(42)58-52)39-19-9-21-41-44-29-35-14-4-5-15-36(35)30-45(44)57-47(39)41/h1-30H. The van der Waals surface area contributed by atoms with Crippen molar-refractivity contribution in [3.05, 3.63) is 182 Å². The molecule has 0 fully saturated rings. The third-order valence-corrected chi connectivity index (χ3v) is 11.2. The first kappa shape index (κ1) is 32.3. The van der Waals surface area contributed by atoms with Crippen LogP contribution in [0, 0.1) is 0 Å². The van der Waals surface area contributed by atoms with Gasteiger partial charge in [0.05, 0.1) is 5.39 Å². The van der Waals surface area contributed by atoms with Crippen molar-refractivity contribution in [1.29, 1.82) is 0 Å². The summed E-state index contributed by atoms with van der Waals surface area (Å²) in [5.41, 5.74) is 9.67. The van der Waals surface area contributed by atoms with E-state index >= 15 is 0 Å². The molecule has 4 heterocycles. The van der Waals surface area contributed by atoms with Gasteiger partial charge in [0.25, 0.3) is 0 Å². The second-order valence-corrected chi connectivity index (χ2v) is 14.6. The molecule has 0 saturated carbocycles. The van der Waals surface area contributed by atoms with Crippen LogP contribution in [0.15, 0.2) is 191 Å². The van der Waals surface area contributed by atoms with E-state index in [0.29, 0.717) is 23.2 Å². The topological polar surface area (TPSA) is 77.8 Å².